The summed E-state index contributed by atoms with van der Waals surface area (Å²) in [4.78, 5) is 24.0. The van der Waals surface area contributed by atoms with Gasteiger partial charge in [0.15, 0.2) is 0 Å². The minimum Gasteiger partial charge on any atom is -0.493 e. The van der Waals surface area contributed by atoms with Crippen molar-refractivity contribution in [3.63, 3.8) is 0 Å². The molecule has 5 rings (SSSR count). The topological polar surface area (TPSA) is 126 Å². The predicted octanol–water partition coefficient (Wildman–Crippen LogP) is 3.20. The number of fused-ring (bicyclic) bond motifs is 2. The number of aromatic hydroxyl groups is 1. The Bertz CT molecular complexity index is 1300. The van der Waals surface area contributed by atoms with Gasteiger partial charge >= 0.3 is 0 Å². The molecule has 3 heterocycles. The number of ether oxygens (including phenoxy) is 1. The minimum absolute atomic E-state index is 0.0184. The van der Waals surface area contributed by atoms with Crippen LogP contribution >= 0.6 is 11.6 Å². The molecule has 35 heavy (non-hydrogen) atoms. The standard InChI is InChI=1S/C25H29ClN6O3/c1-25(2)12-17-20(27)18(26)11-16(21(17)35-25)23(34)29-14-7-9-32(13-14)10-8-28-24-30-19-6-4-3-5-15(19)22(33)31-24/h3-6,11,14H,7-10,12-13,27H2,1-2H3,(H,29,34)(H2,28,30,31,33). The number of nitrogen functional groups attached to an aromatic ring is 1. The Morgan fingerprint density at radius 3 is 2.97 bits per heavy atom. The fraction of sp³-hybridized carbons (Fsp3) is 0.400. The lowest BCUT2D eigenvalue weighted by atomic mass is 9.98. The van der Waals surface area contributed by atoms with Gasteiger partial charge in [0.2, 0.25) is 11.8 Å². The molecule has 10 heteroatoms. The van der Waals surface area contributed by atoms with Crippen molar-refractivity contribution in [2.75, 3.05) is 37.2 Å². The van der Waals surface area contributed by atoms with Crippen LogP contribution in [0.4, 0.5) is 11.6 Å². The van der Waals surface area contributed by atoms with Gasteiger partial charge in [-0.1, -0.05) is 23.7 Å². The van der Waals surface area contributed by atoms with Crippen LogP contribution in [0.1, 0.15) is 36.2 Å². The molecular formula is C25H29ClN6O3. The van der Waals surface area contributed by atoms with Gasteiger partial charge in [-0.2, -0.15) is 4.98 Å². The molecule has 1 fully saturated rings. The molecule has 1 unspecified atom stereocenters. The zero-order chi connectivity index (χ0) is 24.7. The van der Waals surface area contributed by atoms with Crippen molar-refractivity contribution < 1.29 is 14.6 Å². The number of hydrogen-bond acceptors (Lipinski definition) is 8. The van der Waals surface area contributed by atoms with E-state index in [-0.39, 0.29) is 17.8 Å². The Balaban J connectivity index is 1.17. The number of halogens is 1. The number of anilines is 2. The van der Waals surface area contributed by atoms with E-state index in [0.29, 0.717) is 51.8 Å². The largest absolute Gasteiger partial charge is 0.493 e. The second-order valence-corrected chi connectivity index (χ2v) is 10.1. The summed E-state index contributed by atoms with van der Waals surface area (Å²) in [5.41, 5.74) is 8.11. The fourth-order valence-electron chi connectivity index (χ4n) is 4.78. The predicted molar refractivity (Wildman–Crippen MR) is 136 cm³/mol. The van der Waals surface area contributed by atoms with E-state index < -0.39 is 5.60 Å². The molecule has 0 bridgehead atoms. The van der Waals surface area contributed by atoms with E-state index in [2.05, 4.69) is 25.5 Å². The molecule has 0 spiro atoms. The number of hydrogen-bond donors (Lipinski definition) is 4. The molecule has 184 valence electrons. The maximum Gasteiger partial charge on any atom is 0.255 e. The number of carbonyl (C=O) groups excluding carboxylic acids is 1. The Labute approximate surface area is 208 Å². The first-order valence-electron chi connectivity index (χ1n) is 11.7. The molecule has 0 saturated carbocycles. The van der Waals surface area contributed by atoms with E-state index in [1.165, 1.54) is 0 Å². The molecule has 3 aromatic rings. The van der Waals surface area contributed by atoms with Crippen molar-refractivity contribution in [2.24, 2.45) is 0 Å². The smallest absolute Gasteiger partial charge is 0.255 e. The van der Waals surface area contributed by atoms with Crippen LogP contribution in [-0.2, 0) is 6.42 Å². The molecular weight excluding hydrogens is 468 g/mol. The SMILES string of the molecule is CC1(C)Cc2c(N)c(Cl)cc(C(=O)NC3CCN(CCNc4nc(O)c5ccccc5n4)C3)c2O1. The highest BCUT2D eigenvalue weighted by atomic mass is 35.5. The number of rotatable bonds is 6. The Hall–Kier alpha value is -3.30. The number of nitrogens with two attached hydrogens (primary N) is 1. The van der Waals surface area contributed by atoms with Crippen LogP contribution < -0.4 is 21.1 Å². The van der Waals surface area contributed by atoms with Crippen LogP contribution in [0, 0.1) is 0 Å². The van der Waals surface area contributed by atoms with E-state index in [1.807, 2.05) is 32.0 Å². The van der Waals surface area contributed by atoms with E-state index >= 15 is 0 Å². The third-order valence-corrected chi connectivity index (χ3v) is 6.81. The molecule has 5 N–H and O–H groups in total. The van der Waals surface area contributed by atoms with Crippen molar-refractivity contribution in [1.82, 2.24) is 20.2 Å². The summed E-state index contributed by atoms with van der Waals surface area (Å²) < 4.78 is 6.05. The average Bonchev–Trinajstić information content (AvgIpc) is 3.39. The number of amides is 1. The molecule has 1 aromatic heterocycles. The first kappa shape index (κ1) is 23.4. The normalized spacial score (nSPS) is 18.9. The molecule has 2 aliphatic rings. The minimum atomic E-state index is -0.432. The molecule has 2 aliphatic heterocycles. The quantitative estimate of drug-likeness (QED) is 0.383. The first-order valence-corrected chi connectivity index (χ1v) is 12.1. The van der Waals surface area contributed by atoms with Gasteiger partial charge in [-0.15, -0.1) is 0 Å². The third-order valence-electron chi connectivity index (χ3n) is 6.50. The molecule has 0 aliphatic carbocycles. The number of para-hydroxylation sites is 1. The molecule has 2 aromatic carbocycles. The number of likely N-dealkylation sites (tertiary alicyclic amines) is 1. The zero-order valence-electron chi connectivity index (χ0n) is 19.8. The van der Waals surface area contributed by atoms with Crippen LogP contribution in [0.5, 0.6) is 11.6 Å². The average molecular weight is 497 g/mol. The molecule has 1 atom stereocenters. The second kappa shape index (κ2) is 9.05. The number of benzene rings is 2. The highest BCUT2D eigenvalue weighted by Crippen LogP contribution is 2.44. The number of aromatic nitrogens is 2. The number of nitrogens with one attached hydrogen (secondary N) is 2. The Morgan fingerprint density at radius 2 is 2.14 bits per heavy atom. The zero-order valence-corrected chi connectivity index (χ0v) is 20.5. The van der Waals surface area contributed by atoms with Gasteiger partial charge in [-0.05, 0) is 38.5 Å². The van der Waals surface area contributed by atoms with Crippen molar-refractivity contribution >= 4 is 40.0 Å². The summed E-state index contributed by atoms with van der Waals surface area (Å²) in [5, 5.41) is 17.4. The maximum atomic E-state index is 13.1. The van der Waals surface area contributed by atoms with Gasteiger partial charge in [0.05, 0.1) is 27.2 Å². The summed E-state index contributed by atoms with van der Waals surface area (Å²) in [7, 11) is 0. The van der Waals surface area contributed by atoms with Crippen LogP contribution in [0.2, 0.25) is 5.02 Å². The summed E-state index contributed by atoms with van der Waals surface area (Å²) in [5.74, 6) is 0.684. The maximum absolute atomic E-state index is 13.1. The van der Waals surface area contributed by atoms with Gasteiger partial charge in [0, 0.05) is 44.2 Å². The molecule has 0 radical (unpaired) electrons. The van der Waals surface area contributed by atoms with Crippen molar-refractivity contribution in [3.05, 3.63) is 46.5 Å². The van der Waals surface area contributed by atoms with E-state index in [9.17, 15) is 9.90 Å². The van der Waals surface area contributed by atoms with Gasteiger partial charge in [0.1, 0.15) is 11.4 Å². The van der Waals surface area contributed by atoms with Crippen molar-refractivity contribution in [3.8, 4) is 11.6 Å². The van der Waals surface area contributed by atoms with Gasteiger partial charge in [-0.25, -0.2) is 4.98 Å². The van der Waals surface area contributed by atoms with Gasteiger partial charge in [0.25, 0.3) is 5.91 Å². The lowest BCUT2D eigenvalue weighted by molar-refractivity contribution is 0.0924. The lowest BCUT2D eigenvalue weighted by Crippen LogP contribution is -2.38. The van der Waals surface area contributed by atoms with Gasteiger partial charge in [-0.3, -0.25) is 9.69 Å². The van der Waals surface area contributed by atoms with Crippen molar-refractivity contribution in [2.45, 2.75) is 38.3 Å². The molecule has 1 saturated heterocycles. The Morgan fingerprint density at radius 1 is 1.34 bits per heavy atom. The Kier molecular flexibility index (Phi) is 6.06. The van der Waals surface area contributed by atoms with Crippen LogP contribution in [-0.4, -0.2) is 63.7 Å². The van der Waals surface area contributed by atoms with Crippen molar-refractivity contribution in [1.29, 1.82) is 0 Å². The van der Waals surface area contributed by atoms with Crippen LogP contribution in [0.25, 0.3) is 10.9 Å². The number of carbonyl (C=O) groups is 1. The molecule has 9 nitrogen and oxygen atoms in total. The van der Waals surface area contributed by atoms with Crippen LogP contribution in [0.3, 0.4) is 0 Å². The van der Waals surface area contributed by atoms with E-state index in [4.69, 9.17) is 22.1 Å². The first-order chi connectivity index (χ1) is 16.7. The highest BCUT2D eigenvalue weighted by molar-refractivity contribution is 6.33. The van der Waals surface area contributed by atoms with E-state index in [1.54, 1.807) is 12.1 Å². The third kappa shape index (κ3) is 4.78. The van der Waals surface area contributed by atoms with E-state index in [0.717, 1.165) is 31.6 Å². The lowest BCUT2D eigenvalue weighted by Gasteiger charge is -2.19. The molecule has 1 amide bonds. The number of nitrogens with zero attached hydrogens (tertiary/aromatic N) is 3. The van der Waals surface area contributed by atoms with Crippen LogP contribution in [0.15, 0.2) is 30.3 Å². The monoisotopic (exact) mass is 496 g/mol. The summed E-state index contributed by atoms with van der Waals surface area (Å²) >= 11 is 6.32. The second-order valence-electron chi connectivity index (χ2n) is 9.74. The summed E-state index contributed by atoms with van der Waals surface area (Å²) in [6, 6.07) is 8.95. The summed E-state index contributed by atoms with van der Waals surface area (Å²) in [6.07, 6.45) is 1.45. The van der Waals surface area contributed by atoms with Gasteiger partial charge < -0.3 is 26.2 Å². The highest BCUT2D eigenvalue weighted by Gasteiger charge is 2.36. The summed E-state index contributed by atoms with van der Waals surface area (Å²) in [6.45, 7) is 6.89. The fourth-order valence-corrected chi connectivity index (χ4v) is 5.00.